The van der Waals surface area contributed by atoms with Crippen LogP contribution in [0, 0.1) is 0 Å². The summed E-state index contributed by atoms with van der Waals surface area (Å²) in [5.41, 5.74) is 8.42. The zero-order chi connectivity index (χ0) is 28.1. The molecule has 2 heterocycles. The van der Waals surface area contributed by atoms with E-state index >= 15 is 0 Å². The summed E-state index contributed by atoms with van der Waals surface area (Å²) in [5, 5.41) is 17.1. The van der Waals surface area contributed by atoms with E-state index in [0.717, 1.165) is 0 Å². The fraction of sp³-hybridized carbons (Fsp3) is 0.371. The first-order valence-electron chi connectivity index (χ1n) is 13.9. The lowest BCUT2D eigenvalue weighted by atomic mass is 9.85. The van der Waals surface area contributed by atoms with Crippen LogP contribution in [0.2, 0.25) is 0 Å². The molecule has 0 aliphatic carbocycles. The Morgan fingerprint density at radius 3 is 1.44 bits per heavy atom. The molecule has 4 aromatic rings. The van der Waals surface area contributed by atoms with Gasteiger partial charge in [-0.1, -0.05) is 60.7 Å². The van der Waals surface area contributed by atoms with E-state index < -0.39 is 11.1 Å². The third kappa shape index (κ3) is 3.45. The first-order chi connectivity index (χ1) is 18.2. The molecule has 0 bridgehead atoms. The molecular weight excluding hydrogens is 480 g/mol. The Kier molecular flexibility index (Phi) is 5.54. The van der Waals surface area contributed by atoms with Crippen LogP contribution >= 0.6 is 0 Å². The number of benzene rings is 4. The minimum atomic E-state index is -0.467. The van der Waals surface area contributed by atoms with Gasteiger partial charge in [-0.05, 0) is 123 Å². The fourth-order valence-electron chi connectivity index (χ4n) is 7.61. The van der Waals surface area contributed by atoms with E-state index in [-0.39, 0.29) is 11.1 Å². The van der Waals surface area contributed by atoms with Crippen molar-refractivity contribution >= 4 is 10.8 Å². The highest BCUT2D eigenvalue weighted by atomic mass is 16.7. The molecule has 0 radical (unpaired) electrons. The largest absolute Gasteiger partial charge is 0.312 e. The van der Waals surface area contributed by atoms with Gasteiger partial charge in [0.25, 0.3) is 0 Å². The van der Waals surface area contributed by atoms with Crippen molar-refractivity contribution in [1.29, 1.82) is 0 Å². The van der Waals surface area contributed by atoms with E-state index in [0.29, 0.717) is 0 Å². The zero-order valence-corrected chi connectivity index (χ0v) is 24.7. The summed E-state index contributed by atoms with van der Waals surface area (Å²) in [6, 6.07) is 26.8. The van der Waals surface area contributed by atoms with E-state index in [2.05, 4.69) is 133 Å². The highest BCUT2D eigenvalue weighted by molar-refractivity contribution is 6.05. The second-order valence-corrected chi connectivity index (χ2v) is 13.3. The normalized spacial score (nSPS) is 20.8. The molecule has 39 heavy (non-hydrogen) atoms. The van der Waals surface area contributed by atoms with Crippen LogP contribution in [0.3, 0.4) is 0 Å². The van der Waals surface area contributed by atoms with Gasteiger partial charge in [0.05, 0.1) is 29.3 Å². The van der Waals surface area contributed by atoms with E-state index in [4.69, 9.17) is 4.84 Å². The molecule has 0 fully saturated rings. The lowest BCUT2D eigenvalue weighted by molar-refractivity contribution is -0.241. The third-order valence-electron chi connectivity index (χ3n) is 9.48. The van der Waals surface area contributed by atoms with Gasteiger partial charge >= 0.3 is 0 Å². The molecule has 0 amide bonds. The highest BCUT2D eigenvalue weighted by Crippen LogP contribution is 2.52. The first-order valence-corrected chi connectivity index (χ1v) is 13.9. The highest BCUT2D eigenvalue weighted by Gasteiger charge is 2.50. The van der Waals surface area contributed by atoms with Crippen LogP contribution in [-0.4, -0.2) is 22.4 Å². The summed E-state index contributed by atoms with van der Waals surface area (Å²) in [6.45, 7) is 17.3. The van der Waals surface area contributed by atoms with Gasteiger partial charge in [0.1, 0.15) is 0 Å². The molecule has 4 nitrogen and oxygen atoms in total. The SMILES string of the molecule is CON1C(C)(C)c2ccc(-c3ccc(-c4ccc5c(c4)C(C)(C)N(O)C5(C)C)c4ccccc34)cc2C1(C)C. The fourth-order valence-corrected chi connectivity index (χ4v) is 7.61. The Hall–Kier alpha value is -3.02. The predicted octanol–water partition coefficient (Wildman–Crippen LogP) is 8.70. The minimum Gasteiger partial charge on any atom is -0.312 e. The average molecular weight is 521 g/mol. The second-order valence-electron chi connectivity index (χ2n) is 13.3. The van der Waals surface area contributed by atoms with Gasteiger partial charge in [0.2, 0.25) is 0 Å². The quantitative estimate of drug-likeness (QED) is 0.293. The van der Waals surface area contributed by atoms with Gasteiger partial charge in [-0.15, -0.1) is 0 Å². The Bertz CT molecular complexity index is 1630. The van der Waals surface area contributed by atoms with Crippen molar-refractivity contribution in [2.75, 3.05) is 7.11 Å². The smallest absolute Gasteiger partial charge is 0.0668 e. The summed E-state index contributed by atoms with van der Waals surface area (Å²) in [7, 11) is 1.77. The Balaban J connectivity index is 1.51. The van der Waals surface area contributed by atoms with Crippen LogP contribution in [0.25, 0.3) is 33.0 Å². The minimum absolute atomic E-state index is 0.210. The van der Waals surface area contributed by atoms with Crippen LogP contribution in [0.5, 0.6) is 0 Å². The third-order valence-corrected chi connectivity index (χ3v) is 9.48. The maximum absolute atomic E-state index is 11.0. The van der Waals surface area contributed by atoms with Crippen molar-refractivity contribution in [2.24, 2.45) is 0 Å². The number of hydrogen-bond donors (Lipinski definition) is 1. The van der Waals surface area contributed by atoms with Crippen LogP contribution in [0.15, 0.2) is 72.8 Å². The molecule has 0 spiro atoms. The molecule has 0 saturated carbocycles. The van der Waals surface area contributed by atoms with Gasteiger partial charge in [-0.3, -0.25) is 0 Å². The van der Waals surface area contributed by atoms with Gasteiger partial charge in [-0.2, -0.15) is 10.1 Å². The van der Waals surface area contributed by atoms with Crippen molar-refractivity contribution in [3.8, 4) is 22.3 Å². The number of nitrogens with zero attached hydrogens (tertiary/aromatic N) is 2. The van der Waals surface area contributed by atoms with E-state index in [1.54, 1.807) is 7.11 Å². The van der Waals surface area contributed by atoms with Gasteiger partial charge in [0, 0.05) is 0 Å². The first kappa shape index (κ1) is 26.2. The van der Waals surface area contributed by atoms with Crippen LogP contribution < -0.4 is 0 Å². The van der Waals surface area contributed by atoms with Gasteiger partial charge in [-0.25, -0.2) is 0 Å². The molecule has 202 valence electrons. The zero-order valence-electron chi connectivity index (χ0n) is 24.7. The summed E-state index contributed by atoms with van der Waals surface area (Å²) in [4.78, 5) is 5.89. The van der Waals surface area contributed by atoms with E-state index in [1.807, 2.05) is 0 Å². The standard InChI is InChI=1S/C35H40N2O2/c1-32(2)28-18-14-22(20-30(28)33(3,4)36(32)38)24-16-17-25(27-13-11-10-12-26(24)27)23-15-19-29-31(21-23)35(7,8)37(39-9)34(29,5)6/h10-21,38H,1-9H3. The van der Waals surface area contributed by atoms with Crippen LogP contribution in [-0.2, 0) is 27.0 Å². The molecule has 2 aliphatic heterocycles. The topological polar surface area (TPSA) is 35.9 Å². The van der Waals surface area contributed by atoms with E-state index in [1.165, 1.54) is 60.3 Å². The molecule has 0 saturated heterocycles. The Morgan fingerprint density at radius 2 is 0.949 bits per heavy atom. The van der Waals surface area contributed by atoms with Crippen LogP contribution in [0.1, 0.15) is 77.6 Å². The van der Waals surface area contributed by atoms with Gasteiger partial charge in [0.15, 0.2) is 0 Å². The van der Waals surface area contributed by atoms with Crippen molar-refractivity contribution in [3.05, 3.63) is 95.1 Å². The van der Waals surface area contributed by atoms with Crippen LogP contribution in [0.4, 0.5) is 0 Å². The lowest BCUT2D eigenvalue weighted by Gasteiger charge is -2.38. The van der Waals surface area contributed by atoms with Crippen molar-refractivity contribution < 1.29 is 10.0 Å². The van der Waals surface area contributed by atoms with Crippen molar-refractivity contribution in [2.45, 2.75) is 77.5 Å². The maximum atomic E-state index is 11.0. The molecule has 0 unspecified atom stereocenters. The number of rotatable bonds is 3. The van der Waals surface area contributed by atoms with E-state index in [9.17, 15) is 5.21 Å². The molecule has 0 atom stereocenters. The maximum Gasteiger partial charge on any atom is 0.0668 e. The summed E-state index contributed by atoms with van der Waals surface area (Å²) >= 11 is 0. The Labute approximate surface area is 232 Å². The Morgan fingerprint density at radius 1 is 0.538 bits per heavy atom. The molecule has 1 N–H and O–H groups in total. The molecule has 2 aliphatic rings. The monoisotopic (exact) mass is 520 g/mol. The lowest BCUT2D eigenvalue weighted by Crippen LogP contribution is -2.44. The summed E-state index contributed by atoms with van der Waals surface area (Å²) in [6.07, 6.45) is 0. The summed E-state index contributed by atoms with van der Waals surface area (Å²) < 4.78 is 0. The summed E-state index contributed by atoms with van der Waals surface area (Å²) in [5.74, 6) is 0. The van der Waals surface area contributed by atoms with Gasteiger partial charge < -0.3 is 10.0 Å². The molecule has 6 rings (SSSR count). The number of hydroxylamine groups is 4. The van der Waals surface area contributed by atoms with Crippen molar-refractivity contribution in [3.63, 3.8) is 0 Å². The van der Waals surface area contributed by atoms with Crippen molar-refractivity contribution in [1.82, 2.24) is 10.1 Å². The second kappa shape index (κ2) is 8.25. The average Bonchev–Trinajstić information content (AvgIpc) is 3.14. The molecular formula is C35H40N2O2. The number of hydrogen-bond acceptors (Lipinski definition) is 4. The molecule has 4 aromatic carbocycles. The number of fused-ring (bicyclic) bond motifs is 3. The molecule has 4 heteroatoms. The predicted molar refractivity (Wildman–Crippen MR) is 159 cm³/mol. The molecule has 0 aromatic heterocycles.